The van der Waals surface area contributed by atoms with Crippen LogP contribution in [0.3, 0.4) is 0 Å². The number of aromatic nitrogens is 2. The Bertz CT molecular complexity index is 884. The summed E-state index contributed by atoms with van der Waals surface area (Å²) < 4.78 is 0. The molecule has 1 fully saturated rings. The van der Waals surface area contributed by atoms with E-state index in [4.69, 9.17) is 16.7 Å². The van der Waals surface area contributed by atoms with Gasteiger partial charge in [-0.1, -0.05) is 17.7 Å². The lowest BCUT2D eigenvalue weighted by atomic mass is 9.97. The van der Waals surface area contributed by atoms with E-state index in [0.717, 1.165) is 5.56 Å². The first kappa shape index (κ1) is 18.8. The molecule has 0 spiro atoms. The molecule has 1 aliphatic heterocycles. The maximum atomic E-state index is 11.7. The van der Waals surface area contributed by atoms with E-state index in [0.29, 0.717) is 36.6 Å². The van der Waals surface area contributed by atoms with Crippen molar-refractivity contribution >= 4 is 40.6 Å². The zero-order valence-corrected chi connectivity index (χ0v) is 15.3. The summed E-state index contributed by atoms with van der Waals surface area (Å²) in [7, 11) is 0. The highest BCUT2D eigenvalue weighted by molar-refractivity contribution is 6.30. The molecule has 1 aromatic heterocycles. The highest BCUT2D eigenvalue weighted by atomic mass is 35.5. The number of aryl methyl sites for hydroxylation is 1. The number of rotatable bonds is 5. The first-order valence-corrected chi connectivity index (χ1v) is 8.75. The highest BCUT2D eigenvalue weighted by Crippen LogP contribution is 2.36. The Morgan fingerprint density at radius 1 is 1.37 bits per heavy atom. The first-order valence-electron chi connectivity index (χ1n) is 8.37. The van der Waals surface area contributed by atoms with Crippen molar-refractivity contribution in [3.63, 3.8) is 0 Å². The van der Waals surface area contributed by atoms with E-state index >= 15 is 0 Å². The molecule has 10 heteroatoms. The molecule has 0 amide bonds. The van der Waals surface area contributed by atoms with E-state index in [9.17, 15) is 14.9 Å². The van der Waals surface area contributed by atoms with Crippen molar-refractivity contribution in [1.29, 1.82) is 0 Å². The highest BCUT2D eigenvalue weighted by Gasteiger charge is 2.31. The number of piperidine rings is 1. The second-order valence-electron chi connectivity index (χ2n) is 6.34. The van der Waals surface area contributed by atoms with Crippen molar-refractivity contribution in [2.45, 2.75) is 19.8 Å². The van der Waals surface area contributed by atoms with Crippen molar-refractivity contribution < 1.29 is 14.8 Å². The van der Waals surface area contributed by atoms with Gasteiger partial charge in [-0.05, 0) is 37.5 Å². The average molecular weight is 392 g/mol. The molecule has 0 atom stereocenters. The van der Waals surface area contributed by atoms with Crippen LogP contribution < -0.4 is 10.2 Å². The van der Waals surface area contributed by atoms with Gasteiger partial charge in [0.15, 0.2) is 0 Å². The lowest BCUT2D eigenvalue weighted by Crippen LogP contribution is -2.37. The molecule has 27 heavy (non-hydrogen) atoms. The number of carboxylic acid groups (broad SMARTS) is 1. The molecule has 0 aliphatic carbocycles. The molecular formula is C17H18ClN5O4. The molecule has 3 rings (SSSR count). The predicted octanol–water partition coefficient (Wildman–Crippen LogP) is 3.39. The number of benzene rings is 1. The molecule has 1 saturated heterocycles. The van der Waals surface area contributed by atoms with Crippen LogP contribution in [0.15, 0.2) is 24.5 Å². The number of halogens is 1. The Hall–Kier alpha value is -2.94. The molecular weight excluding hydrogens is 374 g/mol. The Kier molecular flexibility index (Phi) is 5.41. The zero-order chi connectivity index (χ0) is 19.6. The standard InChI is InChI=1S/C17H18ClN5O4/c1-10-2-3-12(18)8-13(10)21-15-14(23(26)27)16(20-9-19-15)22-6-4-11(5-7-22)17(24)25/h2-3,8-9,11H,4-7H2,1H3,(H,24,25)(H,19,20,21). The molecule has 0 radical (unpaired) electrons. The normalized spacial score (nSPS) is 14.8. The van der Waals surface area contributed by atoms with Gasteiger partial charge in [-0.2, -0.15) is 0 Å². The van der Waals surface area contributed by atoms with Gasteiger partial charge in [0.1, 0.15) is 6.33 Å². The van der Waals surface area contributed by atoms with Gasteiger partial charge < -0.3 is 15.3 Å². The molecule has 1 aliphatic rings. The molecule has 0 bridgehead atoms. The summed E-state index contributed by atoms with van der Waals surface area (Å²) in [5.74, 6) is -1.03. The minimum absolute atomic E-state index is 0.0655. The van der Waals surface area contributed by atoms with Crippen molar-refractivity contribution in [2.24, 2.45) is 5.92 Å². The number of hydrogen-bond donors (Lipinski definition) is 2. The maximum Gasteiger partial charge on any atom is 0.353 e. The number of anilines is 3. The summed E-state index contributed by atoms with van der Waals surface area (Å²) in [5, 5.41) is 24.3. The van der Waals surface area contributed by atoms with E-state index in [1.807, 2.05) is 6.92 Å². The molecule has 1 aromatic carbocycles. The van der Waals surface area contributed by atoms with E-state index in [-0.39, 0.29) is 17.3 Å². The van der Waals surface area contributed by atoms with Gasteiger partial charge in [-0.3, -0.25) is 14.9 Å². The van der Waals surface area contributed by atoms with Crippen molar-refractivity contribution in [3.05, 3.63) is 45.2 Å². The predicted molar refractivity (Wildman–Crippen MR) is 101 cm³/mol. The van der Waals surface area contributed by atoms with Crippen LogP contribution in [0.1, 0.15) is 18.4 Å². The molecule has 0 saturated carbocycles. The largest absolute Gasteiger partial charge is 0.481 e. The number of aliphatic carboxylic acids is 1. The molecule has 2 heterocycles. The van der Waals surface area contributed by atoms with Crippen LogP contribution in [-0.2, 0) is 4.79 Å². The average Bonchev–Trinajstić information content (AvgIpc) is 2.64. The molecule has 9 nitrogen and oxygen atoms in total. The fourth-order valence-corrected chi connectivity index (χ4v) is 3.23. The third kappa shape index (κ3) is 4.08. The fraction of sp³-hybridized carbons (Fsp3) is 0.353. The third-order valence-corrected chi connectivity index (χ3v) is 4.82. The van der Waals surface area contributed by atoms with Gasteiger partial charge in [-0.15, -0.1) is 0 Å². The number of carbonyl (C=O) groups is 1. The minimum atomic E-state index is -0.842. The number of hydrogen-bond acceptors (Lipinski definition) is 7. The Morgan fingerprint density at radius 3 is 2.70 bits per heavy atom. The van der Waals surface area contributed by atoms with Gasteiger partial charge in [0, 0.05) is 23.8 Å². The van der Waals surface area contributed by atoms with Crippen LogP contribution in [0.25, 0.3) is 0 Å². The molecule has 0 unspecified atom stereocenters. The van der Waals surface area contributed by atoms with Crippen LogP contribution in [0.4, 0.5) is 23.0 Å². The van der Waals surface area contributed by atoms with Crippen LogP contribution >= 0.6 is 11.6 Å². The first-order chi connectivity index (χ1) is 12.9. The quantitative estimate of drug-likeness (QED) is 0.587. The third-order valence-electron chi connectivity index (χ3n) is 4.58. The monoisotopic (exact) mass is 391 g/mol. The van der Waals surface area contributed by atoms with Crippen LogP contribution in [0, 0.1) is 23.0 Å². The maximum absolute atomic E-state index is 11.7. The summed E-state index contributed by atoms with van der Waals surface area (Å²) in [6.45, 7) is 2.61. The summed E-state index contributed by atoms with van der Waals surface area (Å²) in [4.78, 5) is 32.2. The lowest BCUT2D eigenvalue weighted by molar-refractivity contribution is -0.383. The summed E-state index contributed by atoms with van der Waals surface area (Å²) in [5.41, 5.74) is 1.22. The summed E-state index contributed by atoms with van der Waals surface area (Å²) in [6, 6.07) is 5.20. The van der Waals surface area contributed by atoms with Gasteiger partial charge in [0.2, 0.25) is 11.6 Å². The summed E-state index contributed by atoms with van der Waals surface area (Å²) >= 11 is 6.01. The van der Waals surface area contributed by atoms with E-state index in [1.54, 1.807) is 23.1 Å². The van der Waals surface area contributed by atoms with E-state index in [1.165, 1.54) is 6.33 Å². The topological polar surface area (TPSA) is 121 Å². The smallest absolute Gasteiger partial charge is 0.353 e. The van der Waals surface area contributed by atoms with Gasteiger partial charge in [-0.25, -0.2) is 9.97 Å². The Balaban J connectivity index is 1.93. The second-order valence-corrected chi connectivity index (χ2v) is 6.77. The van der Waals surface area contributed by atoms with Gasteiger partial charge in [0.05, 0.1) is 10.8 Å². The summed E-state index contributed by atoms with van der Waals surface area (Å²) in [6.07, 6.45) is 2.08. The van der Waals surface area contributed by atoms with E-state index < -0.39 is 16.8 Å². The van der Waals surface area contributed by atoms with Crippen LogP contribution in [0.2, 0.25) is 5.02 Å². The Labute approximate surface area is 160 Å². The van der Waals surface area contributed by atoms with Gasteiger partial charge in [0.25, 0.3) is 0 Å². The number of carboxylic acids is 1. The van der Waals surface area contributed by atoms with Crippen LogP contribution in [-0.4, -0.2) is 39.1 Å². The van der Waals surface area contributed by atoms with E-state index in [2.05, 4.69) is 15.3 Å². The Morgan fingerprint density at radius 2 is 2.07 bits per heavy atom. The SMILES string of the molecule is Cc1ccc(Cl)cc1Nc1ncnc(N2CCC(C(=O)O)CC2)c1[N+](=O)[O-]. The van der Waals surface area contributed by atoms with Crippen LogP contribution in [0.5, 0.6) is 0 Å². The molecule has 2 aromatic rings. The number of nitrogens with zero attached hydrogens (tertiary/aromatic N) is 4. The van der Waals surface area contributed by atoms with Gasteiger partial charge >= 0.3 is 11.7 Å². The minimum Gasteiger partial charge on any atom is -0.481 e. The number of nitro groups is 1. The van der Waals surface area contributed by atoms with Crippen molar-refractivity contribution in [1.82, 2.24) is 9.97 Å². The molecule has 142 valence electrons. The second kappa shape index (κ2) is 7.75. The van der Waals surface area contributed by atoms with Crippen molar-refractivity contribution in [3.8, 4) is 0 Å². The lowest BCUT2D eigenvalue weighted by Gasteiger charge is -2.30. The fourth-order valence-electron chi connectivity index (χ4n) is 3.06. The molecule has 2 N–H and O–H groups in total. The van der Waals surface area contributed by atoms with Crippen molar-refractivity contribution in [2.75, 3.05) is 23.3 Å². The zero-order valence-electron chi connectivity index (χ0n) is 14.6. The number of nitrogens with one attached hydrogen (secondary N) is 1.